The molecular weight excluding hydrogens is 450 g/mol. The normalized spacial score (nSPS) is 10.8. The topological polar surface area (TPSA) is 139 Å². The van der Waals surface area contributed by atoms with Crippen LogP contribution in [0.2, 0.25) is 0 Å². The number of anilines is 2. The predicted molar refractivity (Wildman–Crippen MR) is 134 cm³/mol. The smallest absolute Gasteiger partial charge is 0.262 e. The second-order valence-electron chi connectivity index (χ2n) is 8.68. The molecule has 0 aromatic heterocycles. The zero-order valence-electron chi connectivity index (χ0n) is 20.5. The Morgan fingerprint density at radius 1 is 0.914 bits per heavy atom. The number of phenolic OH excluding ortho intramolecular Hbond substituents is 2. The highest BCUT2D eigenvalue weighted by molar-refractivity contribution is 6.08. The molecule has 0 bridgehead atoms. The summed E-state index contributed by atoms with van der Waals surface area (Å²) in [4.78, 5) is 38.1. The van der Waals surface area contributed by atoms with Crippen molar-refractivity contribution in [1.82, 2.24) is 5.48 Å². The second-order valence-corrected chi connectivity index (χ2v) is 8.68. The molecule has 0 radical (unpaired) electrons. The largest absolute Gasteiger partial charge is 0.508 e. The van der Waals surface area contributed by atoms with E-state index in [-0.39, 0.29) is 35.3 Å². The van der Waals surface area contributed by atoms with Crippen molar-refractivity contribution in [3.63, 3.8) is 0 Å². The lowest BCUT2D eigenvalue weighted by molar-refractivity contribution is -0.129. The lowest BCUT2D eigenvalue weighted by Crippen LogP contribution is -2.31. The molecule has 0 unspecified atom stereocenters. The van der Waals surface area contributed by atoms with Crippen LogP contribution in [-0.2, 0) is 9.59 Å². The van der Waals surface area contributed by atoms with Crippen LogP contribution >= 0.6 is 0 Å². The highest BCUT2D eigenvalue weighted by Gasteiger charge is 2.22. The third-order valence-corrected chi connectivity index (χ3v) is 5.68. The van der Waals surface area contributed by atoms with Gasteiger partial charge in [-0.25, -0.2) is 5.48 Å². The Hall–Kier alpha value is -3.59. The zero-order valence-corrected chi connectivity index (χ0v) is 20.5. The monoisotopic (exact) mass is 485 g/mol. The Kier molecular flexibility index (Phi) is 10.5. The number of benzene rings is 2. The molecule has 0 aliphatic rings. The molecule has 0 atom stereocenters. The fourth-order valence-corrected chi connectivity index (χ4v) is 3.77. The maximum atomic E-state index is 13.3. The van der Waals surface area contributed by atoms with Gasteiger partial charge in [0.15, 0.2) is 0 Å². The van der Waals surface area contributed by atoms with Crippen LogP contribution in [0.3, 0.4) is 0 Å². The molecule has 190 valence electrons. The van der Waals surface area contributed by atoms with Crippen molar-refractivity contribution in [3.05, 3.63) is 47.5 Å². The molecule has 0 heterocycles. The van der Waals surface area contributed by atoms with Gasteiger partial charge in [0.1, 0.15) is 11.5 Å². The van der Waals surface area contributed by atoms with E-state index in [2.05, 4.69) is 5.32 Å². The van der Waals surface area contributed by atoms with Gasteiger partial charge in [-0.15, -0.1) is 0 Å². The lowest BCUT2D eigenvalue weighted by atomic mass is 9.98. The van der Waals surface area contributed by atoms with Crippen molar-refractivity contribution in [3.8, 4) is 11.5 Å². The van der Waals surface area contributed by atoms with E-state index in [9.17, 15) is 24.6 Å². The van der Waals surface area contributed by atoms with Crippen LogP contribution in [0.5, 0.6) is 11.5 Å². The summed E-state index contributed by atoms with van der Waals surface area (Å²) in [7, 11) is 0. The first-order valence-corrected chi connectivity index (χ1v) is 11.9. The number of rotatable bonds is 12. The van der Waals surface area contributed by atoms with Gasteiger partial charge in [0, 0.05) is 36.8 Å². The van der Waals surface area contributed by atoms with E-state index in [1.165, 1.54) is 17.0 Å². The average molecular weight is 486 g/mol. The van der Waals surface area contributed by atoms with Gasteiger partial charge in [0.2, 0.25) is 11.8 Å². The Balaban J connectivity index is 2.03. The van der Waals surface area contributed by atoms with Crippen LogP contribution in [0.25, 0.3) is 0 Å². The van der Waals surface area contributed by atoms with E-state index >= 15 is 0 Å². The predicted octanol–water partition coefficient (Wildman–Crippen LogP) is 4.67. The molecule has 0 aliphatic carbocycles. The van der Waals surface area contributed by atoms with E-state index in [0.717, 1.165) is 12.8 Å². The molecule has 9 nitrogen and oxygen atoms in total. The van der Waals surface area contributed by atoms with Gasteiger partial charge in [0.05, 0.1) is 5.56 Å². The van der Waals surface area contributed by atoms with Gasteiger partial charge in [0.25, 0.3) is 5.91 Å². The van der Waals surface area contributed by atoms with E-state index in [4.69, 9.17) is 5.21 Å². The highest BCUT2D eigenvalue weighted by atomic mass is 16.5. The van der Waals surface area contributed by atoms with E-state index in [0.29, 0.717) is 42.7 Å². The molecule has 2 aromatic rings. The Morgan fingerprint density at radius 3 is 2.17 bits per heavy atom. The maximum Gasteiger partial charge on any atom is 0.262 e. The summed E-state index contributed by atoms with van der Waals surface area (Å²) < 4.78 is 0. The number of carbonyl (C=O) groups is 3. The third-order valence-electron chi connectivity index (χ3n) is 5.68. The number of carbonyl (C=O) groups excluding carboxylic acids is 3. The summed E-state index contributed by atoms with van der Waals surface area (Å²) in [6.45, 7) is 5.93. The van der Waals surface area contributed by atoms with Gasteiger partial charge in [-0.2, -0.15) is 0 Å². The second kappa shape index (κ2) is 13.3. The number of unbranched alkanes of at least 4 members (excludes halogenated alkanes) is 3. The zero-order chi connectivity index (χ0) is 26.0. The van der Waals surface area contributed by atoms with Crippen LogP contribution in [0.4, 0.5) is 11.4 Å². The number of hydroxylamine groups is 1. The van der Waals surface area contributed by atoms with Crippen molar-refractivity contribution in [2.24, 2.45) is 0 Å². The number of hydrogen-bond donors (Lipinski definition) is 5. The van der Waals surface area contributed by atoms with Crippen LogP contribution in [0.1, 0.15) is 81.1 Å². The quantitative estimate of drug-likeness (QED) is 0.168. The van der Waals surface area contributed by atoms with Crippen molar-refractivity contribution in [2.75, 3.05) is 16.8 Å². The average Bonchev–Trinajstić information content (AvgIpc) is 2.81. The number of nitrogens with zero attached hydrogens (tertiary/aromatic N) is 1. The van der Waals surface area contributed by atoms with E-state index in [1.54, 1.807) is 29.7 Å². The van der Waals surface area contributed by atoms with Crippen LogP contribution in [-0.4, -0.2) is 39.7 Å². The van der Waals surface area contributed by atoms with Crippen molar-refractivity contribution >= 4 is 29.1 Å². The number of hydrogen-bond acceptors (Lipinski definition) is 6. The number of amides is 3. The minimum atomic E-state index is -0.414. The van der Waals surface area contributed by atoms with Gasteiger partial charge in [-0.3, -0.25) is 19.6 Å². The minimum Gasteiger partial charge on any atom is -0.508 e. The fraction of sp³-hybridized carbons (Fsp3) is 0.423. The highest BCUT2D eigenvalue weighted by Crippen LogP contribution is 2.33. The molecule has 0 spiro atoms. The first-order valence-electron chi connectivity index (χ1n) is 11.9. The summed E-state index contributed by atoms with van der Waals surface area (Å²) in [6, 6.07) is 9.63. The molecule has 3 amide bonds. The minimum absolute atomic E-state index is 0.0317. The van der Waals surface area contributed by atoms with Crippen LogP contribution in [0, 0.1) is 0 Å². The van der Waals surface area contributed by atoms with Gasteiger partial charge < -0.3 is 20.4 Å². The molecule has 35 heavy (non-hydrogen) atoms. The van der Waals surface area contributed by atoms with Gasteiger partial charge >= 0.3 is 0 Å². The molecule has 0 saturated carbocycles. The molecule has 0 fully saturated rings. The fourth-order valence-electron chi connectivity index (χ4n) is 3.77. The molecule has 2 aromatic carbocycles. The molecular formula is C26H35N3O6. The van der Waals surface area contributed by atoms with Gasteiger partial charge in [-0.1, -0.05) is 32.8 Å². The first kappa shape index (κ1) is 27.7. The third kappa shape index (κ3) is 7.99. The number of nitrogens with one attached hydrogen (secondary N) is 2. The first-order chi connectivity index (χ1) is 16.7. The Bertz CT molecular complexity index is 1040. The van der Waals surface area contributed by atoms with E-state index < -0.39 is 11.8 Å². The van der Waals surface area contributed by atoms with Crippen molar-refractivity contribution < 1.29 is 29.8 Å². The van der Waals surface area contributed by atoms with Crippen molar-refractivity contribution in [2.45, 2.75) is 65.2 Å². The Labute approximate surface area is 205 Å². The molecule has 5 N–H and O–H groups in total. The molecule has 0 aliphatic heterocycles. The molecule has 9 heteroatoms. The Morgan fingerprint density at radius 2 is 1.57 bits per heavy atom. The maximum absolute atomic E-state index is 13.3. The standard InChI is InChI=1S/C26H35N3O6/c1-4-29(26(34)21-15-20(17(2)3)22(30)16-23(21)31)19-11-9-10-18(14-19)27-24(32)12-7-5-6-8-13-25(33)28-35/h9-11,14-17,30-31,35H,4-8,12-13H2,1-3H3,(H,27,32)(H,28,33). The summed E-state index contributed by atoms with van der Waals surface area (Å²) in [5, 5.41) is 31.7. The summed E-state index contributed by atoms with van der Waals surface area (Å²) >= 11 is 0. The van der Waals surface area contributed by atoms with Crippen molar-refractivity contribution in [1.29, 1.82) is 0 Å². The summed E-state index contributed by atoms with van der Waals surface area (Å²) in [6.07, 6.45) is 3.47. The lowest BCUT2D eigenvalue weighted by Gasteiger charge is -2.23. The van der Waals surface area contributed by atoms with Crippen LogP contribution in [0.15, 0.2) is 36.4 Å². The molecule has 0 saturated heterocycles. The summed E-state index contributed by atoms with van der Waals surface area (Å²) in [5.74, 6) is -1.36. The van der Waals surface area contributed by atoms with E-state index in [1.807, 2.05) is 20.8 Å². The van der Waals surface area contributed by atoms with Gasteiger partial charge in [-0.05, 0) is 55.5 Å². The number of aromatic hydroxyl groups is 2. The van der Waals surface area contributed by atoms with Crippen LogP contribution < -0.4 is 15.7 Å². The molecule has 2 rings (SSSR count). The SMILES string of the molecule is CCN(C(=O)c1cc(C(C)C)c(O)cc1O)c1cccc(NC(=O)CCCCCCC(=O)NO)c1. The summed E-state index contributed by atoms with van der Waals surface area (Å²) in [5.41, 5.74) is 3.38. The number of phenols is 2.